The summed E-state index contributed by atoms with van der Waals surface area (Å²) in [6.07, 6.45) is -2.83. The van der Waals surface area contributed by atoms with E-state index >= 15 is 0 Å². The molecule has 2 aromatic carbocycles. The van der Waals surface area contributed by atoms with E-state index in [0.29, 0.717) is 17.0 Å². The molecule has 2 amide bonds. The van der Waals surface area contributed by atoms with Gasteiger partial charge in [-0.1, -0.05) is 0 Å². The van der Waals surface area contributed by atoms with E-state index in [1.54, 1.807) is 10.9 Å². The van der Waals surface area contributed by atoms with Gasteiger partial charge in [0.15, 0.2) is 0 Å². The van der Waals surface area contributed by atoms with Gasteiger partial charge in [-0.15, -0.1) is 0 Å². The number of nitrogens with one attached hydrogen (secondary N) is 1. The molecule has 0 saturated heterocycles. The highest BCUT2D eigenvalue weighted by Crippen LogP contribution is 2.43. The van der Waals surface area contributed by atoms with E-state index in [4.69, 9.17) is 15.2 Å². The van der Waals surface area contributed by atoms with Crippen LogP contribution in [0.25, 0.3) is 22.2 Å². The Balaban J connectivity index is 1.59. The number of aliphatic hydroxyl groups is 1. The second kappa shape index (κ2) is 12.2. The minimum Gasteiger partial charge on any atom is -0.494 e. The standard InChI is InChI=1S/C30H27F6N5O5/c1-3-46-27-14(9-23(37)42)8-22(39-26(27)24-19(32)10-17(31)11-20(24)33)29(44,30(34,35)36)13-38-28(43)15-6-16-12-41(18-4-5-18)40-25(16)21(7-15)45-2/h6-8,10-12,18,44H,3-5,9,13H2,1-2H3,(H2,37,42)(H,38,43)/t29-/m0/s1. The molecule has 0 spiro atoms. The lowest BCUT2D eigenvalue weighted by molar-refractivity contribution is -0.265. The van der Waals surface area contributed by atoms with Gasteiger partial charge in [0.25, 0.3) is 5.91 Å². The Morgan fingerprint density at radius 3 is 2.35 bits per heavy atom. The molecule has 0 aliphatic heterocycles. The molecular weight excluding hydrogens is 624 g/mol. The summed E-state index contributed by atoms with van der Waals surface area (Å²) in [5.74, 6) is -6.86. The summed E-state index contributed by atoms with van der Waals surface area (Å²) in [4.78, 5) is 28.8. The van der Waals surface area contributed by atoms with Crippen molar-refractivity contribution in [3.63, 3.8) is 0 Å². The molecule has 1 aliphatic rings. The molecule has 0 unspecified atom stereocenters. The zero-order valence-electron chi connectivity index (χ0n) is 24.3. The Kier molecular flexibility index (Phi) is 8.59. The predicted molar refractivity (Wildman–Crippen MR) is 150 cm³/mol. The van der Waals surface area contributed by atoms with Gasteiger partial charge in [-0.2, -0.15) is 18.3 Å². The van der Waals surface area contributed by atoms with Gasteiger partial charge in [0.2, 0.25) is 11.5 Å². The largest absolute Gasteiger partial charge is 0.494 e. The summed E-state index contributed by atoms with van der Waals surface area (Å²) in [6.45, 7) is -0.285. The number of hydrogen-bond acceptors (Lipinski definition) is 7. The number of aromatic nitrogens is 3. The van der Waals surface area contributed by atoms with E-state index < -0.39 is 82.3 Å². The number of carbonyl (C=O) groups excluding carboxylic acids is 2. The Labute approximate surface area is 257 Å². The first-order valence-corrected chi connectivity index (χ1v) is 13.9. The van der Waals surface area contributed by atoms with E-state index in [0.717, 1.165) is 12.8 Å². The molecule has 1 saturated carbocycles. The molecule has 1 aliphatic carbocycles. The van der Waals surface area contributed by atoms with Crippen molar-refractivity contribution in [2.24, 2.45) is 5.73 Å². The monoisotopic (exact) mass is 651 g/mol. The lowest BCUT2D eigenvalue weighted by Gasteiger charge is -2.31. The van der Waals surface area contributed by atoms with Crippen molar-refractivity contribution in [2.75, 3.05) is 20.3 Å². The highest BCUT2D eigenvalue weighted by Gasteiger charge is 2.57. The van der Waals surface area contributed by atoms with Gasteiger partial charge < -0.3 is 25.6 Å². The number of benzene rings is 2. The third-order valence-corrected chi connectivity index (χ3v) is 7.34. The summed E-state index contributed by atoms with van der Waals surface area (Å²) in [5, 5.41) is 18.1. The molecule has 1 fully saturated rings. The average Bonchev–Trinajstić information content (AvgIpc) is 3.73. The molecule has 0 radical (unpaired) electrons. The maximum atomic E-state index is 14.9. The SMILES string of the molecule is CCOc1c(CC(N)=O)cc([C@@](O)(CNC(=O)c2cc(OC)c3nn(C4CC4)cc3c2)C(F)(F)F)nc1-c1c(F)cc(F)cc1F. The fraction of sp³-hybridized carbons (Fsp3) is 0.333. The number of pyridine rings is 1. The summed E-state index contributed by atoms with van der Waals surface area (Å²) >= 11 is 0. The fourth-order valence-electron chi connectivity index (χ4n) is 4.94. The number of ether oxygens (including phenoxy) is 2. The van der Waals surface area contributed by atoms with Gasteiger partial charge >= 0.3 is 6.18 Å². The van der Waals surface area contributed by atoms with Crippen LogP contribution in [-0.4, -0.2) is 58.1 Å². The topological polar surface area (TPSA) is 142 Å². The van der Waals surface area contributed by atoms with Crippen molar-refractivity contribution in [2.45, 2.75) is 44.0 Å². The number of carbonyl (C=O) groups is 2. The first-order valence-electron chi connectivity index (χ1n) is 13.9. The van der Waals surface area contributed by atoms with Gasteiger partial charge in [-0.25, -0.2) is 18.2 Å². The molecule has 4 aromatic rings. The van der Waals surface area contributed by atoms with Crippen molar-refractivity contribution in [1.29, 1.82) is 0 Å². The molecule has 46 heavy (non-hydrogen) atoms. The number of fused-ring (bicyclic) bond motifs is 1. The number of primary amides is 1. The number of amides is 2. The van der Waals surface area contributed by atoms with Crippen LogP contribution in [0.15, 0.2) is 36.5 Å². The molecule has 5 rings (SSSR count). The number of nitrogens with zero attached hydrogens (tertiary/aromatic N) is 3. The van der Waals surface area contributed by atoms with Gasteiger partial charge in [0.05, 0.1) is 44.0 Å². The molecule has 10 nitrogen and oxygen atoms in total. The Morgan fingerprint density at radius 2 is 1.78 bits per heavy atom. The van der Waals surface area contributed by atoms with Crippen LogP contribution in [-0.2, 0) is 16.8 Å². The number of hydrogen-bond donors (Lipinski definition) is 3. The van der Waals surface area contributed by atoms with Crippen LogP contribution in [0.5, 0.6) is 11.5 Å². The van der Waals surface area contributed by atoms with Crippen LogP contribution in [0.4, 0.5) is 26.3 Å². The lowest BCUT2D eigenvalue weighted by Crippen LogP contribution is -2.51. The third-order valence-electron chi connectivity index (χ3n) is 7.34. The van der Waals surface area contributed by atoms with Crippen molar-refractivity contribution >= 4 is 22.7 Å². The molecule has 244 valence electrons. The zero-order valence-corrected chi connectivity index (χ0v) is 24.3. The summed E-state index contributed by atoms with van der Waals surface area (Å²) in [6, 6.07) is 4.03. The molecule has 4 N–H and O–H groups in total. The number of alkyl halides is 3. The Morgan fingerprint density at radius 1 is 1.11 bits per heavy atom. The van der Waals surface area contributed by atoms with Gasteiger partial charge in [0, 0.05) is 34.8 Å². The summed E-state index contributed by atoms with van der Waals surface area (Å²) < 4.78 is 99.9. The Hall–Kier alpha value is -4.86. The Bertz CT molecular complexity index is 1820. The third kappa shape index (κ3) is 6.16. The van der Waals surface area contributed by atoms with E-state index in [-0.39, 0.29) is 36.1 Å². The van der Waals surface area contributed by atoms with Crippen LogP contribution < -0.4 is 20.5 Å². The number of halogens is 6. The second-order valence-electron chi connectivity index (χ2n) is 10.7. The van der Waals surface area contributed by atoms with Crippen LogP contribution in [0.3, 0.4) is 0 Å². The van der Waals surface area contributed by atoms with E-state index in [2.05, 4.69) is 10.1 Å². The normalized spacial score (nSPS) is 14.6. The van der Waals surface area contributed by atoms with E-state index in [1.807, 2.05) is 5.32 Å². The maximum Gasteiger partial charge on any atom is 0.424 e. The molecule has 0 bridgehead atoms. The highest BCUT2D eigenvalue weighted by molar-refractivity contribution is 6.00. The maximum absolute atomic E-state index is 14.9. The summed E-state index contributed by atoms with van der Waals surface area (Å²) in [5.41, 5.74) is -2.03. The minimum absolute atomic E-state index is 0.116. The molecule has 2 aromatic heterocycles. The van der Waals surface area contributed by atoms with Crippen molar-refractivity contribution in [3.8, 4) is 22.8 Å². The van der Waals surface area contributed by atoms with Crippen LogP contribution in [0, 0.1) is 17.5 Å². The predicted octanol–water partition coefficient (Wildman–Crippen LogP) is 4.47. The smallest absolute Gasteiger partial charge is 0.424 e. The zero-order chi connectivity index (χ0) is 33.6. The van der Waals surface area contributed by atoms with Gasteiger partial charge in [-0.05, 0) is 38.0 Å². The van der Waals surface area contributed by atoms with Gasteiger partial charge in [-0.3, -0.25) is 14.3 Å². The van der Waals surface area contributed by atoms with E-state index in [1.165, 1.54) is 26.2 Å². The van der Waals surface area contributed by atoms with Crippen molar-refractivity contribution < 1.29 is 50.5 Å². The number of rotatable bonds is 11. The van der Waals surface area contributed by atoms with Crippen molar-refractivity contribution in [3.05, 3.63) is 70.8 Å². The average molecular weight is 652 g/mol. The van der Waals surface area contributed by atoms with Crippen LogP contribution in [0.1, 0.15) is 47.4 Å². The minimum atomic E-state index is -5.55. The number of methoxy groups -OCH3 is 1. The first-order chi connectivity index (χ1) is 21.7. The highest BCUT2D eigenvalue weighted by atomic mass is 19.4. The van der Waals surface area contributed by atoms with E-state index in [9.17, 15) is 41.0 Å². The second-order valence-corrected chi connectivity index (χ2v) is 10.7. The van der Waals surface area contributed by atoms with Gasteiger partial charge in [0.1, 0.15) is 40.2 Å². The quantitative estimate of drug-likeness (QED) is 0.203. The molecule has 2 heterocycles. The number of nitrogens with two attached hydrogens (primary N) is 1. The van der Waals surface area contributed by atoms with Crippen molar-refractivity contribution in [1.82, 2.24) is 20.1 Å². The molecule has 16 heteroatoms. The lowest BCUT2D eigenvalue weighted by atomic mass is 9.93. The fourth-order valence-corrected chi connectivity index (χ4v) is 4.94. The summed E-state index contributed by atoms with van der Waals surface area (Å²) in [7, 11) is 1.33. The van der Waals surface area contributed by atoms with Crippen LogP contribution in [0.2, 0.25) is 0 Å². The molecular formula is C30H27F6N5O5. The van der Waals surface area contributed by atoms with Crippen LogP contribution >= 0.6 is 0 Å². The first kappa shape index (κ1) is 32.5. The molecule has 1 atom stereocenters.